The molecule has 8 nitrogen and oxygen atoms in total. The Bertz CT molecular complexity index is 1120. The molecule has 2 bridgehead atoms. The Morgan fingerprint density at radius 3 is 2.86 bits per heavy atom. The first-order valence-electron chi connectivity index (χ1n) is 9.67. The van der Waals surface area contributed by atoms with Crippen molar-refractivity contribution in [2.75, 3.05) is 20.2 Å². The van der Waals surface area contributed by atoms with Crippen molar-refractivity contribution >= 4 is 5.91 Å². The number of piperidine rings is 1. The molecule has 2 aliphatic rings. The zero-order valence-corrected chi connectivity index (χ0v) is 16.0. The van der Waals surface area contributed by atoms with Gasteiger partial charge in [0.2, 0.25) is 0 Å². The predicted octanol–water partition coefficient (Wildman–Crippen LogP) is 1.90. The molecule has 0 radical (unpaired) electrons. The summed E-state index contributed by atoms with van der Waals surface area (Å²) in [5.41, 5.74) is 1.92. The summed E-state index contributed by atoms with van der Waals surface area (Å²) in [6, 6.07) is 7.22. The van der Waals surface area contributed by atoms with Gasteiger partial charge in [-0.2, -0.15) is 0 Å². The highest BCUT2D eigenvalue weighted by Gasteiger charge is 2.37. The molecular formula is C21H21N5O3. The average Bonchev–Trinajstić information content (AvgIpc) is 3.28. The monoisotopic (exact) mass is 391 g/mol. The molecule has 148 valence electrons. The second-order valence-electron chi connectivity index (χ2n) is 7.62. The van der Waals surface area contributed by atoms with Gasteiger partial charge in [0.25, 0.3) is 11.5 Å². The van der Waals surface area contributed by atoms with Gasteiger partial charge in [0, 0.05) is 55.9 Å². The van der Waals surface area contributed by atoms with E-state index in [9.17, 15) is 9.59 Å². The maximum atomic E-state index is 13.0. The van der Waals surface area contributed by atoms with Crippen molar-refractivity contribution in [3.8, 4) is 17.1 Å². The largest absolute Gasteiger partial charge is 0.497 e. The van der Waals surface area contributed by atoms with Crippen molar-refractivity contribution in [1.82, 2.24) is 24.4 Å². The van der Waals surface area contributed by atoms with E-state index in [1.165, 1.54) is 0 Å². The molecule has 3 aromatic rings. The number of H-pyrrole nitrogens is 1. The van der Waals surface area contributed by atoms with Crippen molar-refractivity contribution in [2.45, 2.75) is 18.9 Å². The number of nitrogens with one attached hydrogen (secondary N) is 1. The van der Waals surface area contributed by atoms with Crippen LogP contribution in [-0.2, 0) is 6.54 Å². The van der Waals surface area contributed by atoms with Gasteiger partial charge >= 0.3 is 0 Å². The van der Waals surface area contributed by atoms with E-state index in [4.69, 9.17) is 4.74 Å². The fourth-order valence-electron chi connectivity index (χ4n) is 4.52. The van der Waals surface area contributed by atoms with Crippen LogP contribution in [0.5, 0.6) is 5.75 Å². The molecule has 0 aliphatic carbocycles. The Morgan fingerprint density at radius 1 is 1.17 bits per heavy atom. The van der Waals surface area contributed by atoms with Gasteiger partial charge in [0.05, 0.1) is 12.7 Å². The number of likely N-dealkylation sites (tertiary alicyclic amines) is 1. The van der Waals surface area contributed by atoms with Gasteiger partial charge in [0.15, 0.2) is 0 Å². The van der Waals surface area contributed by atoms with Crippen LogP contribution in [0.15, 0.2) is 47.7 Å². The molecule has 5 rings (SSSR count). The minimum Gasteiger partial charge on any atom is -0.497 e. The van der Waals surface area contributed by atoms with Crippen LogP contribution in [-0.4, -0.2) is 50.5 Å². The maximum Gasteiger partial charge on any atom is 0.272 e. The van der Waals surface area contributed by atoms with Crippen LogP contribution in [0.3, 0.4) is 0 Å². The normalized spacial score (nSPS) is 20.2. The van der Waals surface area contributed by atoms with Gasteiger partial charge < -0.3 is 19.2 Å². The third-order valence-corrected chi connectivity index (χ3v) is 5.83. The Hall–Kier alpha value is -3.42. The number of pyridine rings is 2. The molecule has 2 aliphatic heterocycles. The van der Waals surface area contributed by atoms with E-state index in [0.717, 1.165) is 12.1 Å². The second-order valence-corrected chi connectivity index (χ2v) is 7.62. The molecule has 0 unspecified atom stereocenters. The summed E-state index contributed by atoms with van der Waals surface area (Å²) in [6.07, 6.45) is 5.92. The molecular weight excluding hydrogens is 370 g/mol. The van der Waals surface area contributed by atoms with Crippen molar-refractivity contribution in [3.63, 3.8) is 0 Å². The zero-order valence-electron chi connectivity index (χ0n) is 16.0. The molecule has 1 amide bonds. The van der Waals surface area contributed by atoms with Gasteiger partial charge in [-0.1, -0.05) is 0 Å². The number of aromatic nitrogens is 4. The van der Waals surface area contributed by atoms with Crippen LogP contribution in [0.2, 0.25) is 0 Å². The first-order valence-corrected chi connectivity index (χ1v) is 9.67. The van der Waals surface area contributed by atoms with E-state index in [-0.39, 0.29) is 23.3 Å². The van der Waals surface area contributed by atoms with Gasteiger partial charge in [-0.3, -0.25) is 14.6 Å². The summed E-state index contributed by atoms with van der Waals surface area (Å²) >= 11 is 0. The Balaban J connectivity index is 1.44. The number of imidazole rings is 1. The minimum absolute atomic E-state index is 0.0265. The van der Waals surface area contributed by atoms with Crippen molar-refractivity contribution in [1.29, 1.82) is 0 Å². The first kappa shape index (κ1) is 17.7. The molecule has 29 heavy (non-hydrogen) atoms. The summed E-state index contributed by atoms with van der Waals surface area (Å²) < 4.78 is 7.08. The molecule has 8 heteroatoms. The molecule has 0 saturated carbocycles. The number of rotatable bonds is 3. The Kier molecular flexibility index (Phi) is 4.19. The number of methoxy groups -OCH3 is 1. The third kappa shape index (κ3) is 3.00. The van der Waals surface area contributed by atoms with Crippen LogP contribution in [0.25, 0.3) is 11.4 Å². The number of amides is 1. The number of hydrogen-bond donors (Lipinski definition) is 1. The summed E-state index contributed by atoms with van der Waals surface area (Å²) in [7, 11) is 1.57. The number of ether oxygens (including phenoxy) is 1. The smallest absolute Gasteiger partial charge is 0.272 e. The summed E-state index contributed by atoms with van der Waals surface area (Å²) in [5, 5.41) is 0. The van der Waals surface area contributed by atoms with Gasteiger partial charge in [-0.05, 0) is 30.5 Å². The van der Waals surface area contributed by atoms with Gasteiger partial charge in [-0.25, -0.2) is 4.98 Å². The van der Waals surface area contributed by atoms with Gasteiger partial charge in [-0.15, -0.1) is 0 Å². The van der Waals surface area contributed by atoms with Crippen LogP contribution in [0.4, 0.5) is 0 Å². The molecule has 5 heterocycles. The fraction of sp³-hybridized carbons (Fsp3) is 0.333. The Morgan fingerprint density at radius 2 is 2.07 bits per heavy atom. The number of carbonyl (C=O) groups is 1. The van der Waals surface area contributed by atoms with E-state index in [1.807, 2.05) is 21.6 Å². The highest BCUT2D eigenvalue weighted by Crippen LogP contribution is 2.36. The second kappa shape index (κ2) is 6.88. The highest BCUT2D eigenvalue weighted by molar-refractivity contribution is 5.92. The van der Waals surface area contributed by atoms with Crippen molar-refractivity contribution < 1.29 is 9.53 Å². The van der Waals surface area contributed by atoms with E-state index in [1.54, 1.807) is 37.8 Å². The molecule has 1 saturated heterocycles. The lowest BCUT2D eigenvalue weighted by atomic mass is 9.82. The zero-order chi connectivity index (χ0) is 20.0. The number of nitrogens with zero attached hydrogens (tertiary/aromatic N) is 4. The lowest BCUT2D eigenvalue weighted by Gasteiger charge is -2.42. The highest BCUT2D eigenvalue weighted by atomic mass is 16.5. The van der Waals surface area contributed by atoms with Crippen LogP contribution < -0.4 is 10.3 Å². The van der Waals surface area contributed by atoms with Crippen LogP contribution in [0, 0.1) is 5.92 Å². The number of fused-ring (bicyclic) bond motifs is 4. The summed E-state index contributed by atoms with van der Waals surface area (Å²) in [4.78, 5) is 39.4. The Labute approximate surface area is 167 Å². The van der Waals surface area contributed by atoms with E-state index in [0.29, 0.717) is 42.5 Å². The standard InChI is InChI=1S/C21H21N5O3/c1-29-15-4-5-22-17(9-15)21(28)25-10-13-8-14(12-25)18-3-2-16(19-23-6-7-24-19)20(27)26(18)11-13/h2-7,9,13-14H,8,10-12H2,1H3,(H,23,24)/t13-,14+/m0/s1. The lowest BCUT2D eigenvalue weighted by molar-refractivity contribution is 0.0588. The van der Waals surface area contributed by atoms with Crippen LogP contribution >= 0.6 is 0 Å². The molecule has 1 N–H and O–H groups in total. The topological polar surface area (TPSA) is 93.1 Å². The van der Waals surface area contributed by atoms with E-state index in [2.05, 4.69) is 15.0 Å². The number of aromatic amines is 1. The predicted molar refractivity (Wildman–Crippen MR) is 106 cm³/mol. The molecule has 1 fully saturated rings. The molecule has 0 spiro atoms. The number of hydrogen-bond acceptors (Lipinski definition) is 5. The van der Waals surface area contributed by atoms with E-state index < -0.39 is 0 Å². The SMILES string of the molecule is COc1ccnc(C(=O)N2C[C@@H]3C[C@H](C2)c2ccc(-c4ncc[nH]4)c(=O)n2C3)c1. The minimum atomic E-state index is -0.0957. The van der Waals surface area contributed by atoms with Crippen molar-refractivity contribution in [2.24, 2.45) is 5.92 Å². The maximum absolute atomic E-state index is 13.0. The van der Waals surface area contributed by atoms with Crippen molar-refractivity contribution in [3.05, 3.63) is 64.6 Å². The average molecular weight is 391 g/mol. The fourth-order valence-corrected chi connectivity index (χ4v) is 4.52. The lowest BCUT2D eigenvalue weighted by Crippen LogP contribution is -2.49. The van der Waals surface area contributed by atoms with Crippen LogP contribution in [0.1, 0.15) is 28.5 Å². The molecule has 3 aromatic heterocycles. The summed E-state index contributed by atoms with van der Waals surface area (Å²) in [6.45, 7) is 1.80. The first-order chi connectivity index (χ1) is 14.1. The number of carbonyl (C=O) groups excluding carboxylic acids is 1. The molecule has 0 aromatic carbocycles. The third-order valence-electron chi connectivity index (χ3n) is 5.83. The molecule has 2 atom stereocenters. The van der Waals surface area contributed by atoms with E-state index >= 15 is 0 Å². The summed E-state index contributed by atoms with van der Waals surface area (Å²) in [5.74, 6) is 1.47. The van der Waals surface area contributed by atoms with Gasteiger partial charge in [0.1, 0.15) is 17.3 Å². The quantitative estimate of drug-likeness (QED) is 0.736.